The van der Waals surface area contributed by atoms with Gasteiger partial charge in [0, 0.05) is 25.2 Å². The van der Waals surface area contributed by atoms with Crippen LogP contribution < -0.4 is 5.32 Å². The summed E-state index contributed by atoms with van der Waals surface area (Å²) in [7, 11) is 0. The topological polar surface area (TPSA) is 15.3 Å². The third-order valence-electron chi connectivity index (χ3n) is 4.30. The average molecular weight is 240 g/mol. The van der Waals surface area contributed by atoms with Gasteiger partial charge < -0.3 is 5.32 Å². The Labute approximate surface area is 108 Å². The smallest absolute Gasteiger partial charge is 0.0194 e. The Morgan fingerprint density at radius 2 is 1.94 bits per heavy atom. The lowest BCUT2D eigenvalue weighted by Crippen LogP contribution is -2.51. The molecule has 0 aromatic carbocycles. The van der Waals surface area contributed by atoms with Crippen molar-refractivity contribution in [3.05, 3.63) is 0 Å². The Kier molecular flexibility index (Phi) is 6.50. The molecule has 1 heterocycles. The van der Waals surface area contributed by atoms with E-state index >= 15 is 0 Å². The standard InChI is InChI=1S/C15H32N2/c1-6-8-15(16-7-2)11-17-10-12(3)9-13(4)14(17)5/h12-16H,6-11H2,1-5H3. The highest BCUT2D eigenvalue weighted by Gasteiger charge is 2.29. The lowest BCUT2D eigenvalue weighted by molar-refractivity contribution is 0.0694. The predicted molar refractivity (Wildman–Crippen MR) is 76.4 cm³/mol. The molecular formula is C15H32N2. The highest BCUT2D eigenvalue weighted by atomic mass is 15.2. The summed E-state index contributed by atoms with van der Waals surface area (Å²) in [6.45, 7) is 15.3. The van der Waals surface area contributed by atoms with Crippen molar-refractivity contribution in [2.45, 2.75) is 66.0 Å². The van der Waals surface area contributed by atoms with Crippen LogP contribution in [0.4, 0.5) is 0 Å². The number of nitrogens with one attached hydrogen (secondary N) is 1. The van der Waals surface area contributed by atoms with E-state index in [9.17, 15) is 0 Å². The molecule has 17 heavy (non-hydrogen) atoms. The van der Waals surface area contributed by atoms with Gasteiger partial charge >= 0.3 is 0 Å². The quantitative estimate of drug-likeness (QED) is 0.767. The third-order valence-corrected chi connectivity index (χ3v) is 4.30. The largest absolute Gasteiger partial charge is 0.313 e. The fourth-order valence-corrected chi connectivity index (χ4v) is 3.25. The van der Waals surface area contributed by atoms with Crippen LogP contribution in [0.1, 0.15) is 53.9 Å². The number of nitrogens with zero attached hydrogens (tertiary/aromatic N) is 1. The molecular weight excluding hydrogens is 208 g/mol. The van der Waals surface area contributed by atoms with Crippen molar-refractivity contribution < 1.29 is 0 Å². The molecule has 2 nitrogen and oxygen atoms in total. The van der Waals surface area contributed by atoms with Gasteiger partial charge in [0.05, 0.1) is 0 Å². The molecule has 1 rings (SSSR count). The monoisotopic (exact) mass is 240 g/mol. The Morgan fingerprint density at radius 1 is 1.24 bits per heavy atom. The summed E-state index contributed by atoms with van der Waals surface area (Å²) in [6.07, 6.45) is 3.99. The van der Waals surface area contributed by atoms with E-state index < -0.39 is 0 Å². The number of hydrogen-bond donors (Lipinski definition) is 1. The summed E-state index contributed by atoms with van der Waals surface area (Å²) >= 11 is 0. The predicted octanol–water partition coefficient (Wildman–Crippen LogP) is 3.13. The van der Waals surface area contributed by atoms with Gasteiger partial charge in [-0.2, -0.15) is 0 Å². The number of piperidine rings is 1. The normalized spacial score (nSPS) is 32.6. The molecule has 0 spiro atoms. The molecule has 0 aromatic rings. The van der Waals surface area contributed by atoms with Gasteiger partial charge in [0.2, 0.25) is 0 Å². The molecule has 4 atom stereocenters. The number of hydrogen-bond acceptors (Lipinski definition) is 2. The second-order valence-electron chi connectivity index (χ2n) is 6.06. The molecule has 1 N–H and O–H groups in total. The maximum absolute atomic E-state index is 3.64. The minimum Gasteiger partial charge on any atom is -0.313 e. The number of likely N-dealkylation sites (N-methyl/N-ethyl adjacent to an activating group) is 1. The van der Waals surface area contributed by atoms with Crippen molar-refractivity contribution in [2.75, 3.05) is 19.6 Å². The van der Waals surface area contributed by atoms with Gasteiger partial charge in [-0.1, -0.05) is 34.1 Å². The summed E-state index contributed by atoms with van der Waals surface area (Å²) in [5, 5.41) is 3.64. The van der Waals surface area contributed by atoms with Gasteiger partial charge in [0.1, 0.15) is 0 Å². The molecule has 0 saturated carbocycles. The highest BCUT2D eigenvalue weighted by Crippen LogP contribution is 2.27. The maximum atomic E-state index is 3.64. The fraction of sp³-hybridized carbons (Fsp3) is 1.00. The first-order valence-electron chi connectivity index (χ1n) is 7.55. The van der Waals surface area contributed by atoms with E-state index in [1.165, 1.54) is 32.4 Å². The molecule has 2 heteroatoms. The van der Waals surface area contributed by atoms with Crippen molar-refractivity contribution in [1.29, 1.82) is 0 Å². The van der Waals surface area contributed by atoms with Gasteiger partial charge in [-0.05, 0) is 38.1 Å². The van der Waals surface area contributed by atoms with Gasteiger partial charge in [-0.25, -0.2) is 0 Å². The molecule has 1 aliphatic heterocycles. The fourth-order valence-electron chi connectivity index (χ4n) is 3.25. The van der Waals surface area contributed by atoms with E-state index in [2.05, 4.69) is 44.8 Å². The average Bonchev–Trinajstić information content (AvgIpc) is 2.26. The van der Waals surface area contributed by atoms with Crippen molar-refractivity contribution in [3.8, 4) is 0 Å². The summed E-state index contributed by atoms with van der Waals surface area (Å²) in [5.74, 6) is 1.72. The molecule has 0 aromatic heterocycles. The zero-order valence-electron chi connectivity index (χ0n) is 12.5. The molecule has 1 saturated heterocycles. The molecule has 102 valence electrons. The van der Waals surface area contributed by atoms with Gasteiger partial charge in [0.25, 0.3) is 0 Å². The van der Waals surface area contributed by atoms with E-state index in [0.717, 1.165) is 24.4 Å². The van der Waals surface area contributed by atoms with Crippen molar-refractivity contribution in [3.63, 3.8) is 0 Å². The molecule has 4 unspecified atom stereocenters. The molecule has 1 fully saturated rings. The van der Waals surface area contributed by atoms with Crippen LogP contribution in [0.25, 0.3) is 0 Å². The van der Waals surface area contributed by atoms with Crippen LogP contribution in [-0.4, -0.2) is 36.6 Å². The van der Waals surface area contributed by atoms with Crippen LogP contribution >= 0.6 is 0 Å². The molecule has 0 aliphatic carbocycles. The van der Waals surface area contributed by atoms with Crippen molar-refractivity contribution >= 4 is 0 Å². The molecule has 1 aliphatic rings. The SMILES string of the molecule is CCCC(CN1CC(C)CC(C)C1C)NCC. The molecule has 0 amide bonds. The number of rotatable bonds is 6. The second-order valence-corrected chi connectivity index (χ2v) is 6.06. The zero-order valence-corrected chi connectivity index (χ0v) is 12.5. The highest BCUT2D eigenvalue weighted by molar-refractivity contribution is 4.84. The van der Waals surface area contributed by atoms with E-state index in [-0.39, 0.29) is 0 Å². The first-order chi connectivity index (χ1) is 8.08. The van der Waals surface area contributed by atoms with E-state index in [0.29, 0.717) is 6.04 Å². The van der Waals surface area contributed by atoms with Gasteiger partial charge in [-0.15, -0.1) is 0 Å². The first-order valence-corrected chi connectivity index (χ1v) is 7.55. The van der Waals surface area contributed by atoms with E-state index in [1.807, 2.05) is 0 Å². The Morgan fingerprint density at radius 3 is 2.53 bits per heavy atom. The summed E-state index contributed by atoms with van der Waals surface area (Å²) in [6, 6.07) is 1.44. The second kappa shape index (κ2) is 7.38. The molecule has 0 radical (unpaired) electrons. The van der Waals surface area contributed by atoms with Crippen LogP contribution in [-0.2, 0) is 0 Å². The van der Waals surface area contributed by atoms with Crippen LogP contribution in [0.2, 0.25) is 0 Å². The number of likely N-dealkylation sites (tertiary alicyclic amines) is 1. The Bertz CT molecular complexity index is 199. The summed E-state index contributed by atoms with van der Waals surface area (Å²) in [5.41, 5.74) is 0. The molecule has 0 bridgehead atoms. The van der Waals surface area contributed by atoms with Gasteiger partial charge in [-0.3, -0.25) is 4.90 Å². The summed E-state index contributed by atoms with van der Waals surface area (Å²) in [4.78, 5) is 2.71. The lowest BCUT2D eigenvalue weighted by Gasteiger charge is -2.42. The Hall–Kier alpha value is -0.0800. The maximum Gasteiger partial charge on any atom is 0.0194 e. The van der Waals surface area contributed by atoms with Crippen molar-refractivity contribution in [1.82, 2.24) is 10.2 Å². The van der Waals surface area contributed by atoms with Crippen LogP contribution in [0.3, 0.4) is 0 Å². The van der Waals surface area contributed by atoms with Gasteiger partial charge in [0.15, 0.2) is 0 Å². The van der Waals surface area contributed by atoms with Crippen LogP contribution in [0.15, 0.2) is 0 Å². The minimum atomic E-state index is 0.685. The zero-order chi connectivity index (χ0) is 12.8. The minimum absolute atomic E-state index is 0.685. The third kappa shape index (κ3) is 4.59. The van der Waals surface area contributed by atoms with Crippen LogP contribution in [0, 0.1) is 11.8 Å². The van der Waals surface area contributed by atoms with E-state index in [4.69, 9.17) is 0 Å². The Balaban J connectivity index is 2.51. The lowest BCUT2D eigenvalue weighted by atomic mass is 9.85. The van der Waals surface area contributed by atoms with Crippen LogP contribution in [0.5, 0.6) is 0 Å². The van der Waals surface area contributed by atoms with Crippen molar-refractivity contribution in [2.24, 2.45) is 11.8 Å². The van der Waals surface area contributed by atoms with E-state index in [1.54, 1.807) is 0 Å². The summed E-state index contributed by atoms with van der Waals surface area (Å²) < 4.78 is 0. The first kappa shape index (κ1) is 15.0.